The number of hydrogen-bond donors (Lipinski definition) is 1. The first-order valence-electron chi connectivity index (χ1n) is 6.82. The van der Waals surface area contributed by atoms with Crippen molar-refractivity contribution in [1.29, 1.82) is 0 Å². The molecular formula is C17H18N2O2. The Balaban J connectivity index is 1.94. The Labute approximate surface area is 124 Å². The minimum Gasteiger partial charge on any atom is -0.494 e. The second-order valence-corrected chi connectivity index (χ2v) is 4.57. The van der Waals surface area contributed by atoms with Crippen LogP contribution in [0, 0.1) is 6.92 Å². The summed E-state index contributed by atoms with van der Waals surface area (Å²) in [5.74, 6) is 0.597. The number of rotatable bonds is 5. The zero-order valence-electron chi connectivity index (χ0n) is 12.2. The number of aryl methyl sites for hydroxylation is 1. The highest BCUT2D eigenvalue weighted by molar-refractivity contribution is 5.95. The third-order valence-corrected chi connectivity index (χ3v) is 2.85. The molecule has 2 aromatic carbocycles. The maximum absolute atomic E-state index is 11.9. The molecule has 4 nitrogen and oxygen atoms in total. The lowest BCUT2D eigenvalue weighted by molar-refractivity contribution is 0.0955. The molecule has 0 atom stereocenters. The van der Waals surface area contributed by atoms with Crippen molar-refractivity contribution in [3.05, 3.63) is 65.2 Å². The van der Waals surface area contributed by atoms with Crippen molar-refractivity contribution >= 4 is 12.1 Å². The maximum Gasteiger partial charge on any atom is 0.271 e. The van der Waals surface area contributed by atoms with Gasteiger partial charge in [-0.25, -0.2) is 5.43 Å². The summed E-state index contributed by atoms with van der Waals surface area (Å²) in [4.78, 5) is 11.9. The number of hydrogen-bond acceptors (Lipinski definition) is 3. The van der Waals surface area contributed by atoms with Crippen LogP contribution < -0.4 is 10.2 Å². The van der Waals surface area contributed by atoms with E-state index in [1.807, 2.05) is 56.3 Å². The van der Waals surface area contributed by atoms with E-state index in [2.05, 4.69) is 10.5 Å². The van der Waals surface area contributed by atoms with Gasteiger partial charge >= 0.3 is 0 Å². The van der Waals surface area contributed by atoms with E-state index in [0.29, 0.717) is 12.2 Å². The Bertz CT molecular complexity index is 633. The van der Waals surface area contributed by atoms with Gasteiger partial charge in [0.25, 0.3) is 5.91 Å². The fourth-order valence-electron chi connectivity index (χ4n) is 1.83. The highest BCUT2D eigenvalue weighted by Gasteiger charge is 2.03. The van der Waals surface area contributed by atoms with Crippen molar-refractivity contribution in [3.8, 4) is 5.75 Å². The van der Waals surface area contributed by atoms with Crippen LogP contribution in [0.25, 0.3) is 0 Å². The molecule has 0 spiro atoms. The summed E-state index contributed by atoms with van der Waals surface area (Å²) in [6.07, 6.45) is 1.60. The molecule has 0 fully saturated rings. The third kappa shape index (κ3) is 4.45. The number of nitrogens with one attached hydrogen (secondary N) is 1. The lowest BCUT2D eigenvalue weighted by Gasteiger charge is -2.02. The predicted molar refractivity (Wildman–Crippen MR) is 83.9 cm³/mol. The second kappa shape index (κ2) is 7.24. The fourth-order valence-corrected chi connectivity index (χ4v) is 1.83. The lowest BCUT2D eigenvalue weighted by atomic mass is 10.1. The van der Waals surface area contributed by atoms with Crippen molar-refractivity contribution in [1.82, 2.24) is 5.43 Å². The smallest absolute Gasteiger partial charge is 0.271 e. The fraction of sp³-hybridized carbons (Fsp3) is 0.176. The molecule has 0 unspecified atom stereocenters. The van der Waals surface area contributed by atoms with Gasteiger partial charge in [0.2, 0.25) is 0 Å². The molecule has 0 aromatic heterocycles. The number of amides is 1. The first-order chi connectivity index (χ1) is 10.2. The summed E-state index contributed by atoms with van der Waals surface area (Å²) in [7, 11) is 0. The van der Waals surface area contributed by atoms with Gasteiger partial charge in [-0.1, -0.05) is 17.7 Å². The largest absolute Gasteiger partial charge is 0.494 e. The Morgan fingerprint density at radius 3 is 2.67 bits per heavy atom. The summed E-state index contributed by atoms with van der Waals surface area (Å²) < 4.78 is 5.36. The molecular weight excluding hydrogens is 264 g/mol. The first-order valence-corrected chi connectivity index (χ1v) is 6.82. The lowest BCUT2D eigenvalue weighted by Crippen LogP contribution is -2.17. The third-order valence-electron chi connectivity index (χ3n) is 2.85. The molecule has 0 saturated heterocycles. The van der Waals surface area contributed by atoms with Crippen molar-refractivity contribution in [2.75, 3.05) is 6.61 Å². The molecule has 0 aliphatic heterocycles. The predicted octanol–water partition coefficient (Wildman–Crippen LogP) is 3.16. The van der Waals surface area contributed by atoms with Gasteiger partial charge in [-0.2, -0.15) is 5.10 Å². The van der Waals surface area contributed by atoms with Crippen molar-refractivity contribution < 1.29 is 9.53 Å². The Morgan fingerprint density at radius 2 is 2.00 bits per heavy atom. The quantitative estimate of drug-likeness (QED) is 0.676. The Hall–Kier alpha value is -2.62. The molecule has 0 heterocycles. The second-order valence-electron chi connectivity index (χ2n) is 4.57. The van der Waals surface area contributed by atoms with Crippen molar-refractivity contribution in [2.24, 2.45) is 5.10 Å². The summed E-state index contributed by atoms with van der Waals surface area (Å²) >= 11 is 0. The topological polar surface area (TPSA) is 50.7 Å². The standard InChI is InChI=1S/C17H18N2O2/c1-3-21-16-9-7-14(8-10-16)12-18-19-17(20)15-6-4-5-13(2)11-15/h4-12H,3H2,1-2H3,(H,19,20). The van der Waals surface area contributed by atoms with Gasteiger partial charge in [0.15, 0.2) is 0 Å². The highest BCUT2D eigenvalue weighted by Crippen LogP contribution is 2.10. The summed E-state index contributed by atoms with van der Waals surface area (Å²) in [5.41, 5.74) is 5.04. The molecule has 108 valence electrons. The van der Waals surface area contributed by atoms with E-state index in [-0.39, 0.29) is 5.91 Å². The monoisotopic (exact) mass is 282 g/mol. The average Bonchev–Trinajstić information content (AvgIpc) is 2.49. The number of carbonyl (C=O) groups excluding carboxylic acids is 1. The van der Waals surface area contributed by atoms with Crippen LogP contribution in [0.15, 0.2) is 53.6 Å². The molecule has 21 heavy (non-hydrogen) atoms. The van der Waals surface area contributed by atoms with E-state index in [9.17, 15) is 4.79 Å². The van der Waals surface area contributed by atoms with E-state index in [1.54, 1.807) is 12.3 Å². The zero-order chi connectivity index (χ0) is 15.1. The number of hydrazone groups is 1. The summed E-state index contributed by atoms with van der Waals surface area (Å²) in [5, 5.41) is 3.96. The number of nitrogens with zero attached hydrogens (tertiary/aromatic N) is 1. The molecule has 1 N–H and O–H groups in total. The minimum absolute atomic E-state index is 0.221. The van der Waals surface area contributed by atoms with Crippen molar-refractivity contribution in [2.45, 2.75) is 13.8 Å². The van der Waals surface area contributed by atoms with Gasteiger partial charge in [-0.15, -0.1) is 0 Å². The van der Waals surface area contributed by atoms with Crippen LogP contribution in [0.3, 0.4) is 0 Å². The SMILES string of the molecule is CCOc1ccc(C=NNC(=O)c2cccc(C)c2)cc1. The van der Waals surface area contributed by atoms with Crippen LogP contribution in [-0.4, -0.2) is 18.7 Å². The number of carbonyl (C=O) groups is 1. The molecule has 1 amide bonds. The van der Waals surface area contributed by atoms with Crippen LogP contribution in [-0.2, 0) is 0 Å². The van der Waals surface area contributed by atoms with Gasteiger partial charge in [0.05, 0.1) is 12.8 Å². The molecule has 0 bridgehead atoms. The Kier molecular flexibility index (Phi) is 5.10. The van der Waals surface area contributed by atoms with E-state index >= 15 is 0 Å². The number of ether oxygens (including phenoxy) is 1. The first kappa shape index (κ1) is 14.8. The molecule has 2 rings (SSSR count). The van der Waals surface area contributed by atoms with Gasteiger partial charge in [-0.05, 0) is 55.8 Å². The molecule has 0 saturated carbocycles. The number of benzene rings is 2. The van der Waals surface area contributed by atoms with E-state index < -0.39 is 0 Å². The van der Waals surface area contributed by atoms with Crippen LogP contribution in [0.5, 0.6) is 5.75 Å². The van der Waals surface area contributed by atoms with Crippen LogP contribution in [0.2, 0.25) is 0 Å². The van der Waals surface area contributed by atoms with E-state index in [4.69, 9.17) is 4.74 Å². The summed E-state index contributed by atoms with van der Waals surface area (Å²) in [6, 6.07) is 14.9. The van der Waals surface area contributed by atoms with Gasteiger partial charge in [-0.3, -0.25) is 4.79 Å². The normalized spacial score (nSPS) is 10.6. The minimum atomic E-state index is -0.221. The average molecular weight is 282 g/mol. The van der Waals surface area contributed by atoms with Crippen LogP contribution >= 0.6 is 0 Å². The van der Waals surface area contributed by atoms with E-state index in [1.165, 1.54) is 0 Å². The molecule has 0 aliphatic carbocycles. The van der Waals surface area contributed by atoms with Crippen LogP contribution in [0.1, 0.15) is 28.4 Å². The summed E-state index contributed by atoms with van der Waals surface area (Å²) in [6.45, 7) is 4.52. The maximum atomic E-state index is 11.9. The molecule has 0 aliphatic rings. The van der Waals surface area contributed by atoms with Crippen molar-refractivity contribution in [3.63, 3.8) is 0 Å². The van der Waals surface area contributed by atoms with E-state index in [0.717, 1.165) is 16.9 Å². The Morgan fingerprint density at radius 1 is 1.24 bits per heavy atom. The molecule has 0 radical (unpaired) electrons. The van der Waals surface area contributed by atoms with Gasteiger partial charge < -0.3 is 4.74 Å². The molecule has 4 heteroatoms. The molecule has 2 aromatic rings. The van der Waals surface area contributed by atoms with Crippen LogP contribution in [0.4, 0.5) is 0 Å². The van der Waals surface area contributed by atoms with Gasteiger partial charge in [0, 0.05) is 5.56 Å². The highest BCUT2D eigenvalue weighted by atomic mass is 16.5. The van der Waals surface area contributed by atoms with Gasteiger partial charge in [0.1, 0.15) is 5.75 Å². The zero-order valence-corrected chi connectivity index (χ0v) is 12.2.